The van der Waals surface area contributed by atoms with Gasteiger partial charge in [-0.25, -0.2) is 0 Å². The fraction of sp³-hybridized carbons (Fsp3) is 0.235. The van der Waals surface area contributed by atoms with Gasteiger partial charge >= 0.3 is 6.18 Å². The molecule has 0 fully saturated rings. The second-order valence-corrected chi connectivity index (χ2v) is 5.15. The zero-order valence-corrected chi connectivity index (χ0v) is 11.7. The first-order valence-electron chi connectivity index (χ1n) is 6.61. The number of hydrogen-bond acceptors (Lipinski definition) is 1. The molecule has 2 aromatic carbocycles. The highest BCUT2D eigenvalue weighted by Gasteiger charge is 2.34. The average Bonchev–Trinajstić information content (AvgIpc) is 2.45. The van der Waals surface area contributed by atoms with Gasteiger partial charge in [0, 0.05) is 11.1 Å². The largest absolute Gasteiger partial charge is 0.417 e. The van der Waals surface area contributed by atoms with E-state index in [0.717, 1.165) is 11.6 Å². The van der Waals surface area contributed by atoms with Crippen molar-refractivity contribution in [2.45, 2.75) is 25.9 Å². The summed E-state index contributed by atoms with van der Waals surface area (Å²) in [5.74, 6) is -0.310. The molecule has 0 aliphatic carbocycles. The number of alkyl halides is 3. The SMILES string of the molecule is CC(C)c1ccc(C(=O)c2ccccc2C(F)(F)F)cc1. The molecule has 0 heterocycles. The Bertz CT molecular complexity index is 640. The number of carbonyl (C=O) groups is 1. The number of ketones is 1. The molecule has 0 bridgehead atoms. The minimum atomic E-state index is -4.54. The molecule has 0 unspecified atom stereocenters. The Morgan fingerprint density at radius 2 is 1.52 bits per heavy atom. The van der Waals surface area contributed by atoms with Gasteiger partial charge in [-0.3, -0.25) is 4.79 Å². The molecule has 2 rings (SSSR count). The molecule has 0 aliphatic heterocycles. The maximum absolute atomic E-state index is 12.9. The Labute approximate surface area is 121 Å². The van der Waals surface area contributed by atoms with Crippen LogP contribution in [0.15, 0.2) is 48.5 Å². The Morgan fingerprint density at radius 1 is 0.952 bits per heavy atom. The third-order valence-corrected chi connectivity index (χ3v) is 3.32. The Kier molecular flexibility index (Phi) is 4.16. The van der Waals surface area contributed by atoms with Gasteiger partial charge in [-0.05, 0) is 17.5 Å². The van der Waals surface area contributed by atoms with Crippen LogP contribution in [0.25, 0.3) is 0 Å². The van der Waals surface area contributed by atoms with E-state index < -0.39 is 17.5 Å². The molecule has 0 atom stereocenters. The fourth-order valence-corrected chi connectivity index (χ4v) is 2.10. The van der Waals surface area contributed by atoms with Crippen LogP contribution in [0.1, 0.15) is 46.8 Å². The van der Waals surface area contributed by atoms with E-state index in [4.69, 9.17) is 0 Å². The molecule has 1 nitrogen and oxygen atoms in total. The molecular formula is C17H15F3O. The molecule has 110 valence electrons. The Hall–Kier alpha value is -2.10. The van der Waals surface area contributed by atoms with Crippen LogP contribution in [0, 0.1) is 0 Å². The third-order valence-electron chi connectivity index (χ3n) is 3.32. The van der Waals surface area contributed by atoms with Crippen molar-refractivity contribution in [2.75, 3.05) is 0 Å². The predicted octanol–water partition coefficient (Wildman–Crippen LogP) is 5.06. The molecule has 4 heteroatoms. The lowest BCUT2D eigenvalue weighted by Gasteiger charge is -2.12. The van der Waals surface area contributed by atoms with Crippen molar-refractivity contribution >= 4 is 5.78 Å². The lowest BCUT2D eigenvalue weighted by Crippen LogP contribution is -2.13. The molecule has 0 saturated carbocycles. The number of rotatable bonds is 3. The predicted molar refractivity (Wildman–Crippen MR) is 75.4 cm³/mol. The molecule has 0 spiro atoms. The summed E-state index contributed by atoms with van der Waals surface area (Å²) >= 11 is 0. The van der Waals surface area contributed by atoms with Crippen LogP contribution >= 0.6 is 0 Å². The Morgan fingerprint density at radius 3 is 2.05 bits per heavy atom. The molecule has 0 aromatic heterocycles. The van der Waals surface area contributed by atoms with Gasteiger partial charge in [0.1, 0.15) is 0 Å². The standard InChI is InChI=1S/C17H15F3O/c1-11(2)12-7-9-13(10-8-12)16(21)14-5-3-4-6-15(14)17(18,19)20/h3-11H,1-2H3. The number of benzene rings is 2. The first-order valence-corrected chi connectivity index (χ1v) is 6.61. The molecule has 0 amide bonds. The fourth-order valence-electron chi connectivity index (χ4n) is 2.10. The summed E-state index contributed by atoms with van der Waals surface area (Å²) in [6.45, 7) is 4.02. The summed E-state index contributed by atoms with van der Waals surface area (Å²) in [5, 5.41) is 0. The number of carbonyl (C=O) groups excluding carboxylic acids is 1. The minimum Gasteiger partial charge on any atom is -0.289 e. The van der Waals surface area contributed by atoms with Crippen molar-refractivity contribution in [1.82, 2.24) is 0 Å². The van der Waals surface area contributed by atoms with Crippen molar-refractivity contribution in [3.63, 3.8) is 0 Å². The van der Waals surface area contributed by atoms with Crippen molar-refractivity contribution < 1.29 is 18.0 Å². The maximum Gasteiger partial charge on any atom is 0.417 e. The maximum atomic E-state index is 12.9. The average molecular weight is 292 g/mol. The van der Waals surface area contributed by atoms with Crippen LogP contribution < -0.4 is 0 Å². The van der Waals surface area contributed by atoms with E-state index in [9.17, 15) is 18.0 Å². The van der Waals surface area contributed by atoms with Crippen LogP contribution in [-0.2, 0) is 6.18 Å². The van der Waals surface area contributed by atoms with E-state index in [1.54, 1.807) is 24.3 Å². The molecule has 2 aromatic rings. The molecule has 21 heavy (non-hydrogen) atoms. The quantitative estimate of drug-likeness (QED) is 0.723. The van der Waals surface area contributed by atoms with Crippen molar-refractivity contribution in [3.05, 3.63) is 70.8 Å². The summed E-state index contributed by atoms with van der Waals surface area (Å²) in [7, 11) is 0. The van der Waals surface area contributed by atoms with Crippen LogP contribution in [0.4, 0.5) is 13.2 Å². The van der Waals surface area contributed by atoms with E-state index in [1.807, 2.05) is 13.8 Å². The zero-order valence-electron chi connectivity index (χ0n) is 11.7. The van der Waals surface area contributed by atoms with Crippen molar-refractivity contribution in [1.29, 1.82) is 0 Å². The lowest BCUT2D eigenvalue weighted by molar-refractivity contribution is -0.137. The minimum absolute atomic E-state index is 0.260. The highest BCUT2D eigenvalue weighted by atomic mass is 19.4. The van der Waals surface area contributed by atoms with Crippen molar-refractivity contribution in [2.24, 2.45) is 0 Å². The highest BCUT2D eigenvalue weighted by molar-refractivity contribution is 6.10. The van der Waals surface area contributed by atoms with Gasteiger partial charge in [0.25, 0.3) is 0 Å². The summed E-state index contributed by atoms with van der Waals surface area (Å²) in [4.78, 5) is 12.3. The number of hydrogen-bond donors (Lipinski definition) is 0. The van der Waals surface area contributed by atoms with E-state index in [1.165, 1.54) is 18.2 Å². The van der Waals surface area contributed by atoms with Gasteiger partial charge in [-0.15, -0.1) is 0 Å². The third kappa shape index (κ3) is 3.32. The van der Waals surface area contributed by atoms with Gasteiger partial charge in [-0.2, -0.15) is 13.2 Å². The van der Waals surface area contributed by atoms with Crippen LogP contribution in [0.2, 0.25) is 0 Å². The molecule has 0 saturated heterocycles. The zero-order chi connectivity index (χ0) is 15.6. The number of halogens is 3. The van der Waals surface area contributed by atoms with Gasteiger partial charge in [0.15, 0.2) is 5.78 Å². The second kappa shape index (κ2) is 5.72. The van der Waals surface area contributed by atoms with Gasteiger partial charge in [-0.1, -0.05) is 56.3 Å². The molecule has 0 radical (unpaired) electrons. The first kappa shape index (κ1) is 15.3. The van der Waals surface area contributed by atoms with E-state index in [2.05, 4.69) is 0 Å². The lowest BCUT2D eigenvalue weighted by atomic mass is 9.95. The van der Waals surface area contributed by atoms with E-state index >= 15 is 0 Å². The summed E-state index contributed by atoms with van der Waals surface area (Å²) in [6.07, 6.45) is -4.54. The Balaban J connectivity index is 2.41. The van der Waals surface area contributed by atoms with Crippen molar-refractivity contribution in [3.8, 4) is 0 Å². The van der Waals surface area contributed by atoms with Crippen LogP contribution in [0.3, 0.4) is 0 Å². The second-order valence-electron chi connectivity index (χ2n) is 5.15. The van der Waals surface area contributed by atoms with E-state index in [0.29, 0.717) is 5.92 Å². The molecular weight excluding hydrogens is 277 g/mol. The highest BCUT2D eigenvalue weighted by Crippen LogP contribution is 2.32. The van der Waals surface area contributed by atoms with Gasteiger partial charge < -0.3 is 0 Å². The summed E-state index contributed by atoms with van der Waals surface area (Å²) in [6, 6.07) is 11.5. The van der Waals surface area contributed by atoms with Gasteiger partial charge in [0.2, 0.25) is 0 Å². The smallest absolute Gasteiger partial charge is 0.289 e. The van der Waals surface area contributed by atoms with Crippen LogP contribution in [0.5, 0.6) is 0 Å². The topological polar surface area (TPSA) is 17.1 Å². The van der Waals surface area contributed by atoms with E-state index in [-0.39, 0.29) is 11.1 Å². The van der Waals surface area contributed by atoms with Crippen LogP contribution in [-0.4, -0.2) is 5.78 Å². The summed E-state index contributed by atoms with van der Waals surface area (Å²) < 4.78 is 38.8. The first-order chi connectivity index (χ1) is 9.80. The monoisotopic (exact) mass is 292 g/mol. The van der Waals surface area contributed by atoms with Gasteiger partial charge in [0.05, 0.1) is 5.56 Å². The normalized spacial score (nSPS) is 11.7. The molecule has 0 aliphatic rings. The summed E-state index contributed by atoms with van der Waals surface area (Å²) in [5.41, 5.74) is 0.0805. The molecule has 0 N–H and O–H groups in total.